The first kappa shape index (κ1) is 16.6. The number of pyridine rings is 1. The molecule has 0 aliphatic carbocycles. The third kappa shape index (κ3) is 2.93. The van der Waals surface area contributed by atoms with Gasteiger partial charge in [0.1, 0.15) is 14.7 Å². The fraction of sp³-hybridized carbons (Fsp3) is 0.111. The summed E-state index contributed by atoms with van der Waals surface area (Å²) in [6, 6.07) is 11.7. The average molecular weight is 381 g/mol. The predicted molar refractivity (Wildman–Crippen MR) is 107 cm³/mol. The van der Waals surface area contributed by atoms with E-state index in [1.165, 1.54) is 22.7 Å². The average Bonchev–Trinajstić information content (AvgIpc) is 3.20. The number of nitrogens with zero attached hydrogens (tertiary/aromatic N) is 3. The number of anilines is 2. The minimum absolute atomic E-state index is 0.293. The zero-order chi connectivity index (χ0) is 18.3. The molecular formula is C18H15N5OS2. The molecule has 130 valence electrons. The van der Waals surface area contributed by atoms with Crippen molar-refractivity contribution in [1.29, 1.82) is 0 Å². The number of hydrogen-bond acceptors (Lipinski definition) is 7. The number of amides is 1. The summed E-state index contributed by atoms with van der Waals surface area (Å²) in [5.41, 5.74) is 9.56. The van der Waals surface area contributed by atoms with E-state index in [9.17, 15) is 4.79 Å². The van der Waals surface area contributed by atoms with Gasteiger partial charge in [0.15, 0.2) is 0 Å². The van der Waals surface area contributed by atoms with Gasteiger partial charge in [0.2, 0.25) is 5.13 Å². The highest BCUT2D eigenvalue weighted by atomic mass is 32.1. The molecule has 0 saturated carbocycles. The van der Waals surface area contributed by atoms with E-state index in [1.807, 2.05) is 50.2 Å². The Morgan fingerprint density at radius 1 is 1.12 bits per heavy atom. The molecule has 0 aliphatic heterocycles. The number of fused-ring (bicyclic) bond motifs is 1. The SMILES string of the molecule is Cc1cc(C)c2c(N)c(C(=O)Nc3nnc(-c4ccccc4)s3)sc2n1. The van der Waals surface area contributed by atoms with Crippen LogP contribution in [0.4, 0.5) is 10.8 Å². The molecule has 26 heavy (non-hydrogen) atoms. The van der Waals surface area contributed by atoms with Crippen molar-refractivity contribution in [1.82, 2.24) is 15.2 Å². The number of benzene rings is 1. The summed E-state index contributed by atoms with van der Waals surface area (Å²) in [6.07, 6.45) is 0. The molecular weight excluding hydrogens is 366 g/mol. The molecule has 3 heterocycles. The van der Waals surface area contributed by atoms with Crippen molar-refractivity contribution < 1.29 is 4.79 Å². The molecule has 3 aromatic heterocycles. The molecule has 1 aromatic carbocycles. The zero-order valence-corrected chi connectivity index (χ0v) is 15.7. The Morgan fingerprint density at radius 2 is 1.88 bits per heavy atom. The Labute approximate surface area is 157 Å². The van der Waals surface area contributed by atoms with Gasteiger partial charge in [-0.05, 0) is 25.5 Å². The maximum absolute atomic E-state index is 12.7. The normalized spacial score (nSPS) is 11.0. The second-order valence-corrected chi connectivity index (χ2v) is 7.81. The topological polar surface area (TPSA) is 93.8 Å². The van der Waals surface area contributed by atoms with Gasteiger partial charge in [0.05, 0.1) is 5.69 Å². The molecule has 0 atom stereocenters. The minimum atomic E-state index is -0.293. The Kier molecular flexibility index (Phi) is 4.14. The lowest BCUT2D eigenvalue weighted by Crippen LogP contribution is -2.11. The first-order chi connectivity index (χ1) is 12.5. The molecule has 0 fully saturated rings. The quantitative estimate of drug-likeness (QED) is 0.553. The molecule has 8 heteroatoms. The number of carbonyl (C=O) groups excluding carboxylic acids is 1. The van der Waals surface area contributed by atoms with Crippen LogP contribution < -0.4 is 11.1 Å². The summed E-state index contributed by atoms with van der Waals surface area (Å²) >= 11 is 2.61. The van der Waals surface area contributed by atoms with Gasteiger partial charge in [-0.3, -0.25) is 10.1 Å². The van der Waals surface area contributed by atoms with Crippen molar-refractivity contribution in [3.8, 4) is 10.6 Å². The van der Waals surface area contributed by atoms with Gasteiger partial charge in [-0.15, -0.1) is 21.5 Å². The van der Waals surface area contributed by atoms with E-state index in [4.69, 9.17) is 5.73 Å². The van der Waals surface area contributed by atoms with E-state index >= 15 is 0 Å². The molecule has 0 radical (unpaired) electrons. The smallest absolute Gasteiger partial charge is 0.269 e. The fourth-order valence-electron chi connectivity index (χ4n) is 2.76. The largest absolute Gasteiger partial charge is 0.397 e. The van der Waals surface area contributed by atoms with Gasteiger partial charge in [0.25, 0.3) is 5.91 Å². The number of hydrogen-bond donors (Lipinski definition) is 2. The zero-order valence-electron chi connectivity index (χ0n) is 14.1. The second kappa shape index (κ2) is 6.47. The minimum Gasteiger partial charge on any atom is -0.397 e. The third-order valence-electron chi connectivity index (χ3n) is 3.90. The van der Waals surface area contributed by atoms with Crippen LogP contribution in [0.3, 0.4) is 0 Å². The lowest BCUT2D eigenvalue weighted by molar-refractivity contribution is 0.103. The van der Waals surface area contributed by atoms with Crippen LogP contribution in [0.25, 0.3) is 20.8 Å². The van der Waals surface area contributed by atoms with Gasteiger partial charge in [0, 0.05) is 16.6 Å². The van der Waals surface area contributed by atoms with Crippen molar-refractivity contribution >= 4 is 49.6 Å². The van der Waals surface area contributed by atoms with Crippen molar-refractivity contribution in [2.75, 3.05) is 11.1 Å². The number of aryl methyl sites for hydroxylation is 2. The molecule has 6 nitrogen and oxygen atoms in total. The standard InChI is InChI=1S/C18H15N5OS2/c1-9-8-10(2)20-17-12(9)13(19)14(25-17)15(24)21-18-23-22-16(26-18)11-6-4-3-5-7-11/h3-8H,19H2,1-2H3,(H,21,23,24). The third-order valence-corrected chi connectivity index (χ3v) is 5.88. The molecule has 1 amide bonds. The van der Waals surface area contributed by atoms with Crippen LogP contribution in [0.5, 0.6) is 0 Å². The van der Waals surface area contributed by atoms with E-state index in [1.54, 1.807) is 0 Å². The lowest BCUT2D eigenvalue weighted by atomic mass is 10.1. The number of nitrogens with two attached hydrogens (primary N) is 1. The summed E-state index contributed by atoms with van der Waals surface area (Å²) in [4.78, 5) is 18.4. The van der Waals surface area contributed by atoms with Gasteiger partial charge in [-0.1, -0.05) is 41.7 Å². The molecule has 3 N–H and O–H groups in total. The van der Waals surface area contributed by atoms with Crippen LogP contribution in [0.2, 0.25) is 0 Å². The Bertz CT molecular complexity index is 1120. The Morgan fingerprint density at radius 3 is 2.65 bits per heavy atom. The highest BCUT2D eigenvalue weighted by molar-refractivity contribution is 7.21. The molecule has 0 saturated heterocycles. The van der Waals surface area contributed by atoms with Gasteiger partial charge in [-0.2, -0.15) is 0 Å². The monoisotopic (exact) mass is 381 g/mol. The van der Waals surface area contributed by atoms with Crippen molar-refractivity contribution in [3.05, 3.63) is 52.5 Å². The summed E-state index contributed by atoms with van der Waals surface area (Å²) in [7, 11) is 0. The van der Waals surface area contributed by atoms with Crippen LogP contribution in [-0.4, -0.2) is 21.1 Å². The summed E-state index contributed by atoms with van der Waals surface area (Å²) in [5, 5.41) is 13.0. The predicted octanol–water partition coefficient (Wildman–Crippen LogP) is 4.27. The molecule has 4 rings (SSSR count). The van der Waals surface area contributed by atoms with Crippen molar-refractivity contribution in [2.24, 2.45) is 0 Å². The van der Waals surface area contributed by atoms with Crippen LogP contribution in [0.15, 0.2) is 36.4 Å². The summed E-state index contributed by atoms with van der Waals surface area (Å²) < 4.78 is 0. The van der Waals surface area contributed by atoms with Gasteiger partial charge in [-0.25, -0.2) is 4.98 Å². The van der Waals surface area contributed by atoms with Crippen LogP contribution >= 0.6 is 22.7 Å². The highest BCUT2D eigenvalue weighted by Crippen LogP contribution is 2.35. The highest BCUT2D eigenvalue weighted by Gasteiger charge is 2.20. The van der Waals surface area contributed by atoms with Crippen LogP contribution in [-0.2, 0) is 0 Å². The van der Waals surface area contributed by atoms with E-state index < -0.39 is 0 Å². The fourth-order valence-corrected chi connectivity index (χ4v) is 4.62. The molecule has 0 aliphatic rings. The van der Waals surface area contributed by atoms with E-state index in [0.29, 0.717) is 15.7 Å². The first-order valence-corrected chi connectivity index (χ1v) is 9.52. The molecule has 4 aromatic rings. The van der Waals surface area contributed by atoms with Gasteiger partial charge >= 0.3 is 0 Å². The summed E-state index contributed by atoms with van der Waals surface area (Å²) in [6.45, 7) is 3.90. The Hall–Kier alpha value is -2.84. The summed E-state index contributed by atoms with van der Waals surface area (Å²) in [5.74, 6) is -0.293. The number of thiophene rings is 1. The van der Waals surface area contributed by atoms with Crippen molar-refractivity contribution in [2.45, 2.75) is 13.8 Å². The van der Waals surface area contributed by atoms with Crippen LogP contribution in [0.1, 0.15) is 20.9 Å². The van der Waals surface area contributed by atoms with Crippen molar-refractivity contribution in [3.63, 3.8) is 0 Å². The lowest BCUT2D eigenvalue weighted by Gasteiger charge is -2.01. The first-order valence-electron chi connectivity index (χ1n) is 7.89. The number of nitrogen functional groups attached to an aromatic ring is 1. The van der Waals surface area contributed by atoms with E-state index in [2.05, 4.69) is 20.5 Å². The van der Waals surface area contributed by atoms with E-state index in [0.717, 1.165) is 32.0 Å². The molecule has 0 bridgehead atoms. The number of carbonyl (C=O) groups is 1. The van der Waals surface area contributed by atoms with Crippen LogP contribution in [0, 0.1) is 13.8 Å². The second-order valence-electron chi connectivity index (χ2n) is 5.84. The van der Waals surface area contributed by atoms with Gasteiger partial charge < -0.3 is 5.73 Å². The maximum atomic E-state index is 12.7. The number of nitrogens with one attached hydrogen (secondary N) is 1. The number of rotatable bonds is 3. The number of aromatic nitrogens is 3. The maximum Gasteiger partial charge on any atom is 0.269 e. The molecule has 0 spiro atoms. The molecule has 0 unspecified atom stereocenters. The van der Waals surface area contributed by atoms with E-state index in [-0.39, 0.29) is 5.91 Å². The Balaban J connectivity index is 1.63.